The molecule has 0 saturated heterocycles. The molecule has 0 aliphatic carbocycles. The van der Waals surface area contributed by atoms with Crippen molar-refractivity contribution in [1.82, 2.24) is 4.98 Å². The predicted octanol–water partition coefficient (Wildman–Crippen LogP) is 2.59. The van der Waals surface area contributed by atoms with Gasteiger partial charge in [-0.05, 0) is 25.1 Å². The van der Waals surface area contributed by atoms with Crippen LogP contribution in [-0.2, 0) is 11.4 Å². The van der Waals surface area contributed by atoms with Crippen LogP contribution in [0.3, 0.4) is 0 Å². The van der Waals surface area contributed by atoms with E-state index in [1.165, 1.54) is 0 Å². The summed E-state index contributed by atoms with van der Waals surface area (Å²) in [5, 5.41) is 2.85. The highest BCUT2D eigenvalue weighted by atomic mass is 16.5. The summed E-state index contributed by atoms with van der Waals surface area (Å²) in [4.78, 5) is 16.2. The van der Waals surface area contributed by atoms with Crippen LogP contribution in [0.25, 0.3) is 0 Å². The molecule has 0 aliphatic rings. The Balaban J connectivity index is 2.10. The lowest BCUT2D eigenvalue weighted by Gasteiger charge is -2.17. The Morgan fingerprint density at radius 1 is 1.29 bits per heavy atom. The second-order valence-electron chi connectivity index (χ2n) is 5.65. The molecule has 1 heterocycles. The molecule has 128 valence electrons. The molecule has 0 aliphatic heterocycles. The maximum absolute atomic E-state index is 12.1. The van der Waals surface area contributed by atoms with Crippen LogP contribution in [0.1, 0.15) is 19.4 Å². The van der Waals surface area contributed by atoms with E-state index < -0.39 is 0 Å². The van der Waals surface area contributed by atoms with Crippen molar-refractivity contribution >= 4 is 11.6 Å². The maximum atomic E-state index is 12.1. The fraction of sp³-hybridized carbons (Fsp3) is 0.333. The third-order valence-electron chi connectivity index (χ3n) is 3.75. The number of rotatable bonds is 7. The van der Waals surface area contributed by atoms with Crippen molar-refractivity contribution in [3.8, 4) is 11.5 Å². The standard InChI is InChI=1S/C18H23N3O3/c1-12(13(2)19)18(22)21-15-6-7-16(23-3)17(9-15)24-11-14-5-4-8-20-10-14/h4-10,12-13H,11,19H2,1-3H3,(H,21,22). The van der Waals surface area contributed by atoms with E-state index in [-0.39, 0.29) is 17.9 Å². The summed E-state index contributed by atoms with van der Waals surface area (Å²) in [7, 11) is 1.57. The summed E-state index contributed by atoms with van der Waals surface area (Å²) in [5.74, 6) is 0.727. The van der Waals surface area contributed by atoms with Crippen LogP contribution >= 0.6 is 0 Å². The zero-order chi connectivity index (χ0) is 17.5. The number of carbonyl (C=O) groups excluding carboxylic acids is 1. The third-order valence-corrected chi connectivity index (χ3v) is 3.75. The van der Waals surface area contributed by atoms with Crippen molar-refractivity contribution in [2.24, 2.45) is 11.7 Å². The SMILES string of the molecule is COc1ccc(NC(=O)C(C)C(C)N)cc1OCc1cccnc1. The van der Waals surface area contributed by atoms with Gasteiger partial charge in [0.05, 0.1) is 13.0 Å². The molecule has 1 aromatic heterocycles. The Kier molecular flexibility index (Phi) is 6.14. The number of methoxy groups -OCH3 is 1. The number of benzene rings is 1. The number of hydrogen-bond donors (Lipinski definition) is 2. The van der Waals surface area contributed by atoms with Gasteiger partial charge in [0.1, 0.15) is 6.61 Å². The van der Waals surface area contributed by atoms with Crippen LogP contribution in [0.4, 0.5) is 5.69 Å². The van der Waals surface area contributed by atoms with Gasteiger partial charge >= 0.3 is 0 Å². The molecule has 2 rings (SSSR count). The van der Waals surface area contributed by atoms with Gasteiger partial charge in [0, 0.05) is 35.8 Å². The van der Waals surface area contributed by atoms with Gasteiger partial charge in [-0.15, -0.1) is 0 Å². The Morgan fingerprint density at radius 3 is 2.71 bits per heavy atom. The summed E-state index contributed by atoms with van der Waals surface area (Å²) in [5.41, 5.74) is 7.34. The number of hydrogen-bond acceptors (Lipinski definition) is 5. The first-order valence-electron chi connectivity index (χ1n) is 7.77. The summed E-state index contributed by atoms with van der Waals surface area (Å²) in [6.45, 7) is 3.96. The lowest BCUT2D eigenvalue weighted by atomic mass is 10.0. The van der Waals surface area contributed by atoms with E-state index in [2.05, 4.69) is 10.3 Å². The molecule has 2 atom stereocenters. The predicted molar refractivity (Wildman–Crippen MR) is 93.0 cm³/mol. The first kappa shape index (κ1) is 17.7. The third kappa shape index (κ3) is 4.70. The molecule has 2 aromatic rings. The van der Waals surface area contributed by atoms with E-state index in [4.69, 9.17) is 15.2 Å². The molecule has 0 radical (unpaired) electrons. The van der Waals surface area contributed by atoms with Gasteiger partial charge in [-0.3, -0.25) is 9.78 Å². The number of ether oxygens (including phenoxy) is 2. The Morgan fingerprint density at radius 2 is 2.08 bits per heavy atom. The highest BCUT2D eigenvalue weighted by Gasteiger charge is 2.17. The lowest BCUT2D eigenvalue weighted by Crippen LogP contribution is -2.34. The van der Waals surface area contributed by atoms with E-state index in [0.29, 0.717) is 23.8 Å². The van der Waals surface area contributed by atoms with Crippen molar-refractivity contribution in [1.29, 1.82) is 0 Å². The molecule has 2 unspecified atom stereocenters. The average Bonchev–Trinajstić information content (AvgIpc) is 2.60. The van der Waals surface area contributed by atoms with Crippen molar-refractivity contribution in [3.63, 3.8) is 0 Å². The first-order valence-corrected chi connectivity index (χ1v) is 7.77. The van der Waals surface area contributed by atoms with E-state index in [9.17, 15) is 4.79 Å². The van der Waals surface area contributed by atoms with Crippen LogP contribution in [0.15, 0.2) is 42.7 Å². The van der Waals surface area contributed by atoms with Gasteiger partial charge in [-0.25, -0.2) is 0 Å². The van der Waals surface area contributed by atoms with Gasteiger partial charge in [0.25, 0.3) is 0 Å². The minimum atomic E-state index is -0.285. The fourth-order valence-electron chi connectivity index (χ4n) is 2.01. The van der Waals surface area contributed by atoms with E-state index in [1.54, 1.807) is 51.6 Å². The summed E-state index contributed by atoms with van der Waals surface area (Å²) < 4.78 is 11.1. The van der Waals surface area contributed by atoms with Gasteiger partial charge in [-0.2, -0.15) is 0 Å². The number of nitrogens with zero attached hydrogens (tertiary/aromatic N) is 1. The smallest absolute Gasteiger partial charge is 0.228 e. The molecular formula is C18H23N3O3. The van der Waals surface area contributed by atoms with Crippen LogP contribution in [0.2, 0.25) is 0 Å². The molecule has 1 amide bonds. The Bertz CT molecular complexity index is 674. The quantitative estimate of drug-likeness (QED) is 0.815. The van der Waals surface area contributed by atoms with Crippen molar-refractivity contribution in [2.75, 3.05) is 12.4 Å². The topological polar surface area (TPSA) is 86.5 Å². The summed E-state index contributed by atoms with van der Waals surface area (Å²) >= 11 is 0. The van der Waals surface area contributed by atoms with Crippen LogP contribution in [-0.4, -0.2) is 24.0 Å². The number of anilines is 1. The number of pyridine rings is 1. The molecule has 0 saturated carbocycles. The average molecular weight is 329 g/mol. The monoisotopic (exact) mass is 329 g/mol. The number of carbonyl (C=O) groups is 1. The molecule has 6 heteroatoms. The summed E-state index contributed by atoms with van der Waals surface area (Å²) in [6.07, 6.45) is 3.45. The van der Waals surface area contributed by atoms with Gasteiger partial charge in [0.2, 0.25) is 5.91 Å². The molecular weight excluding hydrogens is 306 g/mol. The molecule has 0 bridgehead atoms. The number of aromatic nitrogens is 1. The van der Waals surface area contributed by atoms with E-state index in [1.807, 2.05) is 12.1 Å². The zero-order valence-electron chi connectivity index (χ0n) is 14.2. The second-order valence-corrected chi connectivity index (χ2v) is 5.65. The number of nitrogens with two attached hydrogens (primary N) is 1. The summed E-state index contributed by atoms with van der Waals surface area (Å²) in [6, 6.07) is 8.81. The molecule has 6 nitrogen and oxygen atoms in total. The first-order chi connectivity index (χ1) is 11.5. The number of amides is 1. The molecule has 0 fully saturated rings. The minimum absolute atomic E-state index is 0.131. The van der Waals surface area contributed by atoms with Crippen molar-refractivity contribution in [2.45, 2.75) is 26.5 Å². The number of nitrogens with one attached hydrogen (secondary N) is 1. The van der Waals surface area contributed by atoms with Crippen LogP contribution < -0.4 is 20.5 Å². The van der Waals surface area contributed by atoms with Crippen molar-refractivity contribution < 1.29 is 14.3 Å². The van der Waals surface area contributed by atoms with E-state index >= 15 is 0 Å². The molecule has 3 N–H and O–H groups in total. The lowest BCUT2D eigenvalue weighted by molar-refractivity contribution is -0.119. The Labute approximate surface area is 142 Å². The van der Waals surface area contributed by atoms with Crippen LogP contribution in [0, 0.1) is 5.92 Å². The van der Waals surface area contributed by atoms with Gasteiger partial charge in [-0.1, -0.05) is 13.0 Å². The Hall–Kier alpha value is -2.60. The molecule has 0 spiro atoms. The van der Waals surface area contributed by atoms with Crippen LogP contribution in [0.5, 0.6) is 11.5 Å². The fourth-order valence-corrected chi connectivity index (χ4v) is 2.01. The normalized spacial score (nSPS) is 13.0. The zero-order valence-corrected chi connectivity index (χ0v) is 14.2. The highest BCUT2D eigenvalue weighted by Crippen LogP contribution is 2.31. The molecule has 1 aromatic carbocycles. The second kappa shape index (κ2) is 8.31. The maximum Gasteiger partial charge on any atom is 0.228 e. The van der Waals surface area contributed by atoms with E-state index in [0.717, 1.165) is 5.56 Å². The van der Waals surface area contributed by atoms with Gasteiger partial charge in [0.15, 0.2) is 11.5 Å². The van der Waals surface area contributed by atoms with Gasteiger partial charge < -0.3 is 20.5 Å². The molecule has 24 heavy (non-hydrogen) atoms. The largest absolute Gasteiger partial charge is 0.493 e. The highest BCUT2D eigenvalue weighted by molar-refractivity contribution is 5.93. The van der Waals surface area contributed by atoms with Crippen molar-refractivity contribution in [3.05, 3.63) is 48.3 Å². The minimum Gasteiger partial charge on any atom is -0.493 e.